The van der Waals surface area contributed by atoms with Gasteiger partial charge in [0.15, 0.2) is 11.5 Å². The summed E-state index contributed by atoms with van der Waals surface area (Å²) in [5.74, 6) is 2.54. The van der Waals surface area contributed by atoms with Gasteiger partial charge in [0.25, 0.3) is 0 Å². The molecule has 1 aromatic heterocycles. The van der Waals surface area contributed by atoms with E-state index >= 15 is 0 Å². The van der Waals surface area contributed by atoms with Crippen LogP contribution in [-0.2, 0) is 13.0 Å². The highest BCUT2D eigenvalue weighted by Gasteiger charge is 2.22. The third-order valence-electron chi connectivity index (χ3n) is 6.17. The molecule has 28 heavy (non-hydrogen) atoms. The number of benzene rings is 1. The van der Waals surface area contributed by atoms with E-state index in [-0.39, 0.29) is 0 Å². The summed E-state index contributed by atoms with van der Waals surface area (Å²) in [6.07, 6.45) is 10.8. The van der Waals surface area contributed by atoms with Crippen molar-refractivity contribution in [3.63, 3.8) is 0 Å². The molecule has 4 rings (SSSR count). The van der Waals surface area contributed by atoms with Crippen molar-refractivity contribution in [1.29, 1.82) is 0 Å². The molecule has 0 radical (unpaired) electrons. The van der Waals surface area contributed by atoms with E-state index in [1.165, 1.54) is 49.8 Å². The number of hydrogen-bond donors (Lipinski definition) is 0. The molecular formula is C24H32N2O2. The predicted molar refractivity (Wildman–Crippen MR) is 112 cm³/mol. The number of hydrogen-bond acceptors (Lipinski definition) is 4. The molecule has 2 fully saturated rings. The predicted octanol–water partition coefficient (Wildman–Crippen LogP) is 4.87. The molecule has 2 aromatic rings. The van der Waals surface area contributed by atoms with E-state index in [0.29, 0.717) is 6.10 Å². The largest absolute Gasteiger partial charge is 0.493 e. The first-order chi connectivity index (χ1) is 13.8. The van der Waals surface area contributed by atoms with Crippen LogP contribution in [0.25, 0.3) is 0 Å². The van der Waals surface area contributed by atoms with E-state index < -0.39 is 0 Å². The van der Waals surface area contributed by atoms with E-state index in [4.69, 9.17) is 9.47 Å². The van der Waals surface area contributed by atoms with Gasteiger partial charge in [-0.25, -0.2) is 0 Å². The molecule has 1 aromatic carbocycles. The molecular weight excluding hydrogens is 348 g/mol. The molecule has 4 nitrogen and oxygen atoms in total. The zero-order valence-electron chi connectivity index (χ0n) is 17.0. The smallest absolute Gasteiger partial charge is 0.161 e. The lowest BCUT2D eigenvalue weighted by Gasteiger charge is -2.31. The number of methoxy groups -OCH3 is 1. The van der Waals surface area contributed by atoms with Crippen molar-refractivity contribution < 1.29 is 9.47 Å². The maximum absolute atomic E-state index is 6.27. The van der Waals surface area contributed by atoms with Gasteiger partial charge in [0, 0.05) is 12.7 Å². The Labute approximate surface area is 168 Å². The van der Waals surface area contributed by atoms with Crippen molar-refractivity contribution in [2.75, 3.05) is 20.2 Å². The van der Waals surface area contributed by atoms with Crippen LogP contribution < -0.4 is 9.47 Å². The van der Waals surface area contributed by atoms with Crippen LogP contribution >= 0.6 is 0 Å². The number of pyridine rings is 1. The Hall–Kier alpha value is -2.07. The summed E-state index contributed by atoms with van der Waals surface area (Å²) in [6, 6.07) is 12.7. The summed E-state index contributed by atoms with van der Waals surface area (Å²) in [5, 5.41) is 0. The van der Waals surface area contributed by atoms with Gasteiger partial charge in [-0.05, 0) is 93.8 Å². The SMILES string of the molecule is COc1ccc(CC2CCN(Cc3ccccn3)CC2)cc1OC1CCCC1. The number of aromatic nitrogens is 1. The molecule has 0 N–H and O–H groups in total. The van der Waals surface area contributed by atoms with Gasteiger partial charge in [0.2, 0.25) is 0 Å². The molecule has 4 heteroatoms. The summed E-state index contributed by atoms with van der Waals surface area (Å²) in [5.41, 5.74) is 2.54. The van der Waals surface area contributed by atoms with E-state index in [1.54, 1.807) is 7.11 Å². The van der Waals surface area contributed by atoms with Gasteiger partial charge in [-0.2, -0.15) is 0 Å². The van der Waals surface area contributed by atoms with Crippen molar-refractivity contribution in [1.82, 2.24) is 9.88 Å². The molecule has 0 bridgehead atoms. The van der Waals surface area contributed by atoms with Gasteiger partial charge in [-0.15, -0.1) is 0 Å². The van der Waals surface area contributed by atoms with Gasteiger partial charge in [0.1, 0.15) is 0 Å². The third kappa shape index (κ3) is 5.05. The maximum atomic E-state index is 6.27. The van der Waals surface area contributed by atoms with Crippen molar-refractivity contribution in [2.24, 2.45) is 5.92 Å². The fourth-order valence-corrected chi connectivity index (χ4v) is 4.53. The highest BCUT2D eigenvalue weighted by molar-refractivity contribution is 5.43. The Morgan fingerprint density at radius 2 is 1.82 bits per heavy atom. The maximum Gasteiger partial charge on any atom is 0.161 e. The van der Waals surface area contributed by atoms with Crippen molar-refractivity contribution >= 4 is 0 Å². The lowest BCUT2D eigenvalue weighted by molar-refractivity contribution is 0.175. The Morgan fingerprint density at radius 1 is 1.00 bits per heavy atom. The van der Waals surface area contributed by atoms with Crippen LogP contribution in [0.15, 0.2) is 42.6 Å². The second-order valence-electron chi connectivity index (χ2n) is 8.25. The van der Waals surface area contributed by atoms with Gasteiger partial charge in [-0.1, -0.05) is 12.1 Å². The average molecular weight is 381 g/mol. The summed E-state index contributed by atoms with van der Waals surface area (Å²) in [4.78, 5) is 6.99. The van der Waals surface area contributed by atoms with E-state index in [9.17, 15) is 0 Å². The number of nitrogens with zero attached hydrogens (tertiary/aromatic N) is 2. The highest BCUT2D eigenvalue weighted by Crippen LogP contribution is 2.34. The lowest BCUT2D eigenvalue weighted by Crippen LogP contribution is -2.34. The van der Waals surface area contributed by atoms with Gasteiger partial charge in [-0.3, -0.25) is 9.88 Å². The second-order valence-corrected chi connectivity index (χ2v) is 8.25. The second kappa shape index (κ2) is 9.42. The zero-order valence-corrected chi connectivity index (χ0v) is 17.0. The number of likely N-dealkylation sites (tertiary alicyclic amines) is 1. The summed E-state index contributed by atoms with van der Waals surface area (Å²) < 4.78 is 11.8. The summed E-state index contributed by atoms with van der Waals surface area (Å²) in [7, 11) is 1.73. The molecule has 0 unspecified atom stereocenters. The normalized spacial score (nSPS) is 19.0. The van der Waals surface area contributed by atoms with E-state index in [1.807, 2.05) is 12.3 Å². The zero-order chi connectivity index (χ0) is 19.2. The minimum absolute atomic E-state index is 0.360. The first-order valence-corrected chi connectivity index (χ1v) is 10.8. The van der Waals surface area contributed by atoms with Crippen LogP contribution in [0.3, 0.4) is 0 Å². The monoisotopic (exact) mass is 380 g/mol. The van der Waals surface area contributed by atoms with Gasteiger partial charge in [0.05, 0.1) is 18.9 Å². The number of ether oxygens (including phenoxy) is 2. The number of piperidine rings is 1. The van der Waals surface area contributed by atoms with Crippen molar-refractivity contribution in [2.45, 2.75) is 57.6 Å². The average Bonchev–Trinajstić information content (AvgIpc) is 3.24. The van der Waals surface area contributed by atoms with Crippen molar-refractivity contribution in [3.8, 4) is 11.5 Å². The van der Waals surface area contributed by atoms with E-state index in [2.05, 4.69) is 40.2 Å². The van der Waals surface area contributed by atoms with Crippen LogP contribution in [0.5, 0.6) is 11.5 Å². The fraction of sp³-hybridized carbons (Fsp3) is 0.542. The minimum Gasteiger partial charge on any atom is -0.493 e. The van der Waals surface area contributed by atoms with Crippen LogP contribution in [-0.4, -0.2) is 36.2 Å². The van der Waals surface area contributed by atoms with Gasteiger partial charge < -0.3 is 9.47 Å². The first kappa shape index (κ1) is 19.3. The Balaban J connectivity index is 1.31. The molecule has 1 saturated heterocycles. The molecule has 0 spiro atoms. The lowest BCUT2D eigenvalue weighted by atomic mass is 9.90. The third-order valence-corrected chi connectivity index (χ3v) is 6.17. The molecule has 1 aliphatic heterocycles. The first-order valence-electron chi connectivity index (χ1n) is 10.8. The molecule has 0 amide bonds. The topological polar surface area (TPSA) is 34.6 Å². The molecule has 1 saturated carbocycles. The Kier molecular flexibility index (Phi) is 6.48. The molecule has 150 valence electrons. The van der Waals surface area contributed by atoms with Crippen molar-refractivity contribution in [3.05, 3.63) is 53.9 Å². The summed E-state index contributed by atoms with van der Waals surface area (Å²) >= 11 is 0. The Bertz CT molecular complexity index is 736. The Morgan fingerprint density at radius 3 is 2.54 bits per heavy atom. The van der Waals surface area contributed by atoms with Gasteiger partial charge >= 0.3 is 0 Å². The number of rotatable bonds is 7. The summed E-state index contributed by atoms with van der Waals surface area (Å²) in [6.45, 7) is 3.28. The highest BCUT2D eigenvalue weighted by atomic mass is 16.5. The fourth-order valence-electron chi connectivity index (χ4n) is 4.53. The van der Waals surface area contributed by atoms with Crippen LogP contribution in [0.2, 0.25) is 0 Å². The van der Waals surface area contributed by atoms with E-state index in [0.717, 1.165) is 43.5 Å². The molecule has 1 aliphatic carbocycles. The quantitative estimate of drug-likeness (QED) is 0.687. The van der Waals surface area contributed by atoms with Crippen LogP contribution in [0.1, 0.15) is 49.8 Å². The molecule has 2 heterocycles. The molecule has 0 atom stereocenters. The molecule has 2 aliphatic rings. The van der Waals surface area contributed by atoms with Crippen LogP contribution in [0.4, 0.5) is 0 Å². The minimum atomic E-state index is 0.360. The van der Waals surface area contributed by atoms with Crippen LogP contribution in [0, 0.1) is 5.92 Å². The standard InChI is InChI=1S/C24H32N2O2/c1-27-23-10-9-20(17-24(23)28-22-7-2-3-8-22)16-19-11-14-26(15-12-19)18-21-6-4-5-13-25-21/h4-6,9-10,13,17,19,22H,2-3,7-8,11-12,14-16,18H2,1H3.